The minimum absolute atomic E-state index is 0.700. The van der Waals surface area contributed by atoms with Crippen molar-refractivity contribution < 1.29 is 4.79 Å². The van der Waals surface area contributed by atoms with Gasteiger partial charge in [-0.25, -0.2) is 0 Å². The molecule has 0 aromatic carbocycles. The van der Waals surface area contributed by atoms with E-state index in [1.54, 1.807) is 0 Å². The van der Waals surface area contributed by atoms with Crippen LogP contribution in [0.4, 0.5) is 0 Å². The smallest absolute Gasteiger partial charge is 0.209 e. The van der Waals surface area contributed by atoms with Crippen LogP contribution in [-0.2, 0) is 4.79 Å². The van der Waals surface area contributed by atoms with Crippen LogP contribution in [0, 0.1) is 0 Å². The third-order valence-corrected chi connectivity index (χ3v) is 2.98. The van der Waals surface area contributed by atoms with Crippen LogP contribution in [0.25, 0.3) is 0 Å². The van der Waals surface area contributed by atoms with Gasteiger partial charge in [-0.2, -0.15) is 0 Å². The first-order valence-electron chi connectivity index (χ1n) is 5.25. The third kappa shape index (κ3) is 2.69. The highest BCUT2D eigenvalue weighted by molar-refractivity contribution is 5.47. The monoisotopic (exact) mass is 184 g/mol. The summed E-state index contributed by atoms with van der Waals surface area (Å²) < 4.78 is 0. The average Bonchev–Trinajstić information content (AvgIpc) is 2.21. The Hall–Kier alpha value is -0.570. The number of rotatable bonds is 4. The highest BCUT2D eigenvalue weighted by Crippen LogP contribution is 2.14. The standard InChI is InChI=1S/C10H20N2O/c1-3-12(4-2)10-5-7-11(9-13)8-6-10/h9-10H,3-8H2,1-2H3. The molecule has 3 heteroatoms. The summed E-state index contributed by atoms with van der Waals surface area (Å²) in [6.45, 7) is 8.53. The number of carbonyl (C=O) groups is 1. The molecule has 0 aromatic rings. The quantitative estimate of drug-likeness (QED) is 0.607. The van der Waals surface area contributed by atoms with Crippen LogP contribution in [0.5, 0.6) is 0 Å². The molecular formula is C10H20N2O. The van der Waals surface area contributed by atoms with E-state index in [1.807, 2.05) is 4.90 Å². The van der Waals surface area contributed by atoms with Crippen molar-refractivity contribution in [1.82, 2.24) is 9.80 Å². The van der Waals surface area contributed by atoms with Crippen LogP contribution >= 0.6 is 0 Å². The molecule has 1 saturated heterocycles. The first-order chi connectivity index (χ1) is 6.31. The molecule has 0 spiro atoms. The van der Waals surface area contributed by atoms with Gasteiger partial charge < -0.3 is 9.80 Å². The molecule has 1 amide bonds. The summed E-state index contributed by atoms with van der Waals surface area (Å²) in [5.74, 6) is 0. The van der Waals surface area contributed by atoms with Gasteiger partial charge in [-0.1, -0.05) is 13.8 Å². The Morgan fingerprint density at radius 2 is 1.85 bits per heavy atom. The van der Waals surface area contributed by atoms with Gasteiger partial charge in [-0.15, -0.1) is 0 Å². The summed E-state index contributed by atoms with van der Waals surface area (Å²) >= 11 is 0. The van der Waals surface area contributed by atoms with E-state index in [4.69, 9.17) is 0 Å². The highest BCUT2D eigenvalue weighted by Gasteiger charge is 2.21. The van der Waals surface area contributed by atoms with Gasteiger partial charge in [-0.3, -0.25) is 4.79 Å². The van der Waals surface area contributed by atoms with Crippen molar-refractivity contribution in [2.75, 3.05) is 26.2 Å². The topological polar surface area (TPSA) is 23.6 Å². The van der Waals surface area contributed by atoms with Gasteiger partial charge in [0.15, 0.2) is 0 Å². The minimum Gasteiger partial charge on any atom is -0.345 e. The van der Waals surface area contributed by atoms with Crippen LogP contribution in [-0.4, -0.2) is 48.4 Å². The number of hydrogen-bond donors (Lipinski definition) is 0. The molecule has 0 N–H and O–H groups in total. The summed E-state index contributed by atoms with van der Waals surface area (Å²) in [5, 5.41) is 0. The van der Waals surface area contributed by atoms with Crippen LogP contribution in [0.3, 0.4) is 0 Å². The van der Waals surface area contributed by atoms with Crippen molar-refractivity contribution >= 4 is 6.41 Å². The van der Waals surface area contributed by atoms with Crippen molar-refractivity contribution in [3.63, 3.8) is 0 Å². The molecule has 0 unspecified atom stereocenters. The Morgan fingerprint density at radius 3 is 2.23 bits per heavy atom. The Bertz CT molecular complexity index is 149. The van der Waals surface area contributed by atoms with Crippen molar-refractivity contribution in [2.45, 2.75) is 32.7 Å². The van der Waals surface area contributed by atoms with Gasteiger partial charge in [0.2, 0.25) is 6.41 Å². The van der Waals surface area contributed by atoms with E-state index < -0.39 is 0 Å². The fourth-order valence-corrected chi connectivity index (χ4v) is 2.10. The summed E-state index contributed by atoms with van der Waals surface area (Å²) in [4.78, 5) is 14.9. The Kier molecular flexibility index (Phi) is 4.22. The fraction of sp³-hybridized carbons (Fsp3) is 0.900. The van der Waals surface area contributed by atoms with E-state index in [0.29, 0.717) is 6.04 Å². The summed E-state index contributed by atoms with van der Waals surface area (Å²) in [5.41, 5.74) is 0. The van der Waals surface area contributed by atoms with Gasteiger partial charge in [0.1, 0.15) is 0 Å². The number of piperidine rings is 1. The maximum atomic E-state index is 10.5. The molecule has 1 fully saturated rings. The summed E-state index contributed by atoms with van der Waals surface area (Å²) in [6, 6.07) is 0.700. The third-order valence-electron chi connectivity index (χ3n) is 2.98. The van der Waals surface area contributed by atoms with Crippen molar-refractivity contribution in [1.29, 1.82) is 0 Å². The lowest BCUT2D eigenvalue weighted by molar-refractivity contribution is -0.119. The molecule has 76 valence electrons. The maximum absolute atomic E-state index is 10.5. The molecule has 0 atom stereocenters. The second-order valence-corrected chi connectivity index (χ2v) is 3.59. The zero-order valence-electron chi connectivity index (χ0n) is 8.70. The second kappa shape index (κ2) is 5.22. The predicted molar refractivity (Wildman–Crippen MR) is 53.6 cm³/mol. The van der Waals surface area contributed by atoms with E-state index in [1.165, 1.54) is 0 Å². The molecule has 1 rings (SSSR count). The SMILES string of the molecule is CCN(CC)C1CCN(C=O)CC1. The summed E-state index contributed by atoms with van der Waals surface area (Å²) in [7, 11) is 0. The van der Waals surface area contributed by atoms with Gasteiger partial charge in [0, 0.05) is 19.1 Å². The molecule has 0 aliphatic carbocycles. The largest absolute Gasteiger partial charge is 0.345 e. The van der Waals surface area contributed by atoms with E-state index in [-0.39, 0.29) is 0 Å². The zero-order chi connectivity index (χ0) is 9.68. The minimum atomic E-state index is 0.700. The zero-order valence-corrected chi connectivity index (χ0v) is 8.70. The highest BCUT2D eigenvalue weighted by atomic mass is 16.1. The normalized spacial score (nSPS) is 19.5. The molecule has 0 radical (unpaired) electrons. The lowest BCUT2D eigenvalue weighted by Gasteiger charge is -2.36. The number of nitrogens with zero attached hydrogens (tertiary/aromatic N) is 2. The van der Waals surface area contributed by atoms with Crippen molar-refractivity contribution in [3.05, 3.63) is 0 Å². The van der Waals surface area contributed by atoms with E-state index in [9.17, 15) is 4.79 Å². The van der Waals surface area contributed by atoms with Crippen LogP contribution in [0.15, 0.2) is 0 Å². The first kappa shape index (κ1) is 10.5. The molecule has 0 aromatic heterocycles. The molecule has 1 aliphatic heterocycles. The van der Waals surface area contributed by atoms with Gasteiger partial charge >= 0.3 is 0 Å². The van der Waals surface area contributed by atoms with Crippen molar-refractivity contribution in [3.8, 4) is 0 Å². The average molecular weight is 184 g/mol. The Morgan fingerprint density at radius 1 is 1.31 bits per heavy atom. The lowest BCUT2D eigenvalue weighted by atomic mass is 10.0. The number of hydrogen-bond acceptors (Lipinski definition) is 2. The van der Waals surface area contributed by atoms with Gasteiger partial charge in [0.05, 0.1) is 0 Å². The van der Waals surface area contributed by atoms with Crippen LogP contribution in [0.2, 0.25) is 0 Å². The molecule has 0 bridgehead atoms. The Balaban J connectivity index is 2.34. The van der Waals surface area contributed by atoms with Crippen molar-refractivity contribution in [2.24, 2.45) is 0 Å². The Labute approximate surface area is 80.7 Å². The maximum Gasteiger partial charge on any atom is 0.209 e. The molecule has 3 nitrogen and oxygen atoms in total. The predicted octanol–water partition coefficient (Wildman–Crippen LogP) is 0.949. The van der Waals surface area contributed by atoms with Gasteiger partial charge in [-0.05, 0) is 25.9 Å². The van der Waals surface area contributed by atoms with Crippen LogP contribution in [0.1, 0.15) is 26.7 Å². The lowest BCUT2D eigenvalue weighted by Crippen LogP contribution is -2.44. The summed E-state index contributed by atoms with van der Waals surface area (Å²) in [6.07, 6.45) is 3.25. The molecule has 1 heterocycles. The molecular weight excluding hydrogens is 164 g/mol. The van der Waals surface area contributed by atoms with E-state index in [2.05, 4.69) is 18.7 Å². The van der Waals surface area contributed by atoms with Gasteiger partial charge in [0.25, 0.3) is 0 Å². The van der Waals surface area contributed by atoms with E-state index in [0.717, 1.165) is 45.4 Å². The van der Waals surface area contributed by atoms with E-state index >= 15 is 0 Å². The number of amides is 1. The number of likely N-dealkylation sites (tertiary alicyclic amines) is 1. The second-order valence-electron chi connectivity index (χ2n) is 3.59. The first-order valence-corrected chi connectivity index (χ1v) is 5.25. The molecule has 0 saturated carbocycles. The fourth-order valence-electron chi connectivity index (χ4n) is 2.10. The molecule has 1 aliphatic rings. The number of carbonyl (C=O) groups excluding carboxylic acids is 1. The van der Waals surface area contributed by atoms with Crippen LogP contribution < -0.4 is 0 Å². The molecule has 13 heavy (non-hydrogen) atoms.